The lowest BCUT2D eigenvalue weighted by molar-refractivity contribution is -0.134. The number of alkyl halides is 2. The first-order valence-corrected chi connectivity index (χ1v) is 9.16. The maximum Gasteiger partial charge on any atom is 0.387 e. The normalized spacial score (nSPS) is 19.1. The number of benzene rings is 1. The first-order valence-electron chi connectivity index (χ1n) is 8.28. The molecule has 7 nitrogen and oxygen atoms in total. The molecule has 1 aromatic carbocycles. The third kappa shape index (κ3) is 4.11. The molecule has 0 aliphatic carbocycles. The Kier molecular flexibility index (Phi) is 5.59. The second-order valence-corrected chi connectivity index (χ2v) is 7.24. The molecule has 0 saturated carbocycles. The smallest absolute Gasteiger partial charge is 0.387 e. The molecule has 0 radical (unpaired) electrons. The van der Waals surface area contributed by atoms with Gasteiger partial charge in [0.15, 0.2) is 0 Å². The number of hydrogen-bond donors (Lipinski definition) is 2. The Bertz CT molecular complexity index is 873. The topological polar surface area (TPSA) is 87.7 Å². The summed E-state index contributed by atoms with van der Waals surface area (Å²) in [5.74, 6) is -1.14. The zero-order chi connectivity index (χ0) is 20.3. The summed E-state index contributed by atoms with van der Waals surface area (Å²) in [4.78, 5) is 38.9. The highest BCUT2D eigenvalue weighted by molar-refractivity contribution is 7.09. The van der Waals surface area contributed by atoms with Gasteiger partial charge in [-0.05, 0) is 36.1 Å². The Morgan fingerprint density at radius 1 is 1.29 bits per heavy atom. The van der Waals surface area contributed by atoms with Crippen LogP contribution in [0.5, 0.6) is 5.75 Å². The fraction of sp³-hybridized carbons (Fsp3) is 0.278. The van der Waals surface area contributed by atoms with Crippen LogP contribution in [0, 0.1) is 0 Å². The molecule has 2 N–H and O–H groups in total. The first kappa shape index (κ1) is 19.7. The average molecular weight is 409 g/mol. The molecule has 2 heterocycles. The van der Waals surface area contributed by atoms with E-state index in [1.165, 1.54) is 42.5 Å². The maximum absolute atomic E-state index is 12.8. The Morgan fingerprint density at radius 3 is 2.61 bits per heavy atom. The minimum Gasteiger partial charge on any atom is -0.435 e. The molecule has 0 spiro atoms. The van der Waals surface area contributed by atoms with E-state index >= 15 is 0 Å². The molecule has 0 bridgehead atoms. The zero-order valence-corrected chi connectivity index (χ0v) is 15.6. The van der Waals surface area contributed by atoms with Crippen molar-refractivity contribution in [2.45, 2.75) is 25.6 Å². The third-order valence-corrected chi connectivity index (χ3v) is 5.15. The lowest BCUT2D eigenvalue weighted by atomic mass is 9.92. The van der Waals surface area contributed by atoms with Crippen LogP contribution in [0.1, 0.15) is 17.4 Å². The molecule has 3 rings (SSSR count). The number of nitrogens with zero attached hydrogens (tertiary/aromatic N) is 1. The molecular weight excluding hydrogens is 392 g/mol. The standard InChI is InChI=1S/C18H17F2N3O4S/c1-18(11-4-6-12(7-5-11)27-16(19)20)15(25)23(17(26)22-18)10-14(24)21-9-13-3-2-8-28-13/h2-8,16H,9-10H2,1H3,(H,21,24)(H,22,26)/t18-/m0/s1. The second kappa shape index (κ2) is 7.93. The molecular formula is C18H17F2N3O4S. The fourth-order valence-corrected chi connectivity index (χ4v) is 3.45. The number of imide groups is 1. The first-order chi connectivity index (χ1) is 13.3. The SMILES string of the molecule is C[C@@]1(c2ccc(OC(F)F)cc2)NC(=O)N(CC(=O)NCc2cccs2)C1=O. The molecule has 10 heteroatoms. The van der Waals surface area contributed by atoms with Crippen molar-refractivity contribution in [3.05, 3.63) is 52.2 Å². The van der Waals surface area contributed by atoms with Crippen LogP contribution in [0.2, 0.25) is 0 Å². The average Bonchev–Trinajstić information content (AvgIpc) is 3.23. The van der Waals surface area contributed by atoms with Crippen LogP contribution in [-0.4, -0.2) is 35.9 Å². The minimum absolute atomic E-state index is 0.0658. The van der Waals surface area contributed by atoms with E-state index in [-0.39, 0.29) is 5.75 Å². The van der Waals surface area contributed by atoms with Gasteiger partial charge in [-0.3, -0.25) is 14.5 Å². The molecule has 1 atom stereocenters. The quantitative estimate of drug-likeness (QED) is 0.688. The molecule has 0 unspecified atom stereocenters. The van der Waals surface area contributed by atoms with Crippen LogP contribution >= 0.6 is 11.3 Å². The van der Waals surface area contributed by atoms with E-state index in [9.17, 15) is 23.2 Å². The van der Waals surface area contributed by atoms with E-state index in [1.807, 2.05) is 17.5 Å². The molecule has 1 aliphatic rings. The van der Waals surface area contributed by atoms with Crippen molar-refractivity contribution in [3.8, 4) is 5.75 Å². The molecule has 1 aliphatic heterocycles. The number of ether oxygens (including phenoxy) is 1. The number of carbonyl (C=O) groups is 3. The van der Waals surface area contributed by atoms with Crippen molar-refractivity contribution in [2.75, 3.05) is 6.54 Å². The molecule has 4 amide bonds. The number of rotatable bonds is 7. The summed E-state index contributed by atoms with van der Waals surface area (Å²) >= 11 is 1.48. The summed E-state index contributed by atoms with van der Waals surface area (Å²) < 4.78 is 28.8. The van der Waals surface area contributed by atoms with E-state index in [0.717, 1.165) is 9.78 Å². The number of nitrogens with one attached hydrogen (secondary N) is 2. The monoisotopic (exact) mass is 409 g/mol. The highest BCUT2D eigenvalue weighted by Crippen LogP contribution is 2.30. The summed E-state index contributed by atoms with van der Waals surface area (Å²) in [6, 6.07) is 8.40. The van der Waals surface area contributed by atoms with E-state index in [2.05, 4.69) is 15.4 Å². The summed E-state index contributed by atoms with van der Waals surface area (Å²) in [6.45, 7) is -1.58. The van der Waals surface area contributed by atoms with E-state index < -0.39 is 36.5 Å². The molecule has 1 fully saturated rings. The Hall–Kier alpha value is -3.01. The summed E-state index contributed by atoms with van der Waals surface area (Å²) in [7, 11) is 0. The number of halogens is 2. The van der Waals surface area contributed by atoms with Crippen molar-refractivity contribution in [1.29, 1.82) is 0 Å². The van der Waals surface area contributed by atoms with Gasteiger partial charge in [-0.1, -0.05) is 18.2 Å². The predicted octanol–water partition coefficient (Wildman–Crippen LogP) is 2.43. The van der Waals surface area contributed by atoms with E-state index in [4.69, 9.17) is 0 Å². The van der Waals surface area contributed by atoms with Crippen molar-refractivity contribution < 1.29 is 27.9 Å². The molecule has 148 valence electrons. The van der Waals surface area contributed by atoms with Gasteiger partial charge in [0.1, 0.15) is 17.8 Å². The zero-order valence-electron chi connectivity index (χ0n) is 14.8. The highest BCUT2D eigenvalue weighted by atomic mass is 32.1. The van der Waals surface area contributed by atoms with Gasteiger partial charge in [-0.15, -0.1) is 11.3 Å². The van der Waals surface area contributed by atoms with Crippen LogP contribution in [-0.2, 0) is 21.7 Å². The number of thiophene rings is 1. The Labute approximate surface area is 163 Å². The van der Waals surface area contributed by atoms with Crippen molar-refractivity contribution >= 4 is 29.2 Å². The van der Waals surface area contributed by atoms with Gasteiger partial charge in [0.25, 0.3) is 5.91 Å². The Morgan fingerprint density at radius 2 is 2.00 bits per heavy atom. The summed E-state index contributed by atoms with van der Waals surface area (Å²) in [5, 5.41) is 7.09. The van der Waals surface area contributed by atoms with Gasteiger partial charge in [0.2, 0.25) is 5.91 Å². The van der Waals surface area contributed by atoms with Crippen LogP contribution in [0.25, 0.3) is 0 Å². The maximum atomic E-state index is 12.8. The molecule has 2 aromatic rings. The van der Waals surface area contributed by atoms with Gasteiger partial charge < -0.3 is 15.4 Å². The third-order valence-electron chi connectivity index (χ3n) is 4.27. The van der Waals surface area contributed by atoms with Crippen molar-refractivity contribution in [2.24, 2.45) is 0 Å². The second-order valence-electron chi connectivity index (χ2n) is 6.21. The summed E-state index contributed by atoms with van der Waals surface area (Å²) in [6.07, 6.45) is 0. The number of amides is 4. The van der Waals surface area contributed by atoms with Gasteiger partial charge in [-0.25, -0.2) is 4.79 Å². The van der Waals surface area contributed by atoms with Gasteiger partial charge >= 0.3 is 12.6 Å². The largest absolute Gasteiger partial charge is 0.435 e. The Balaban J connectivity index is 1.67. The van der Waals surface area contributed by atoms with Crippen LogP contribution in [0.4, 0.5) is 13.6 Å². The summed E-state index contributed by atoms with van der Waals surface area (Å²) in [5.41, 5.74) is -1.02. The van der Waals surface area contributed by atoms with Gasteiger partial charge in [-0.2, -0.15) is 8.78 Å². The number of urea groups is 1. The van der Waals surface area contributed by atoms with Crippen molar-refractivity contribution in [1.82, 2.24) is 15.5 Å². The predicted molar refractivity (Wildman–Crippen MR) is 96.8 cm³/mol. The highest BCUT2D eigenvalue weighted by Gasteiger charge is 2.49. The van der Waals surface area contributed by atoms with Crippen LogP contribution in [0.3, 0.4) is 0 Å². The molecule has 28 heavy (non-hydrogen) atoms. The van der Waals surface area contributed by atoms with Crippen LogP contribution in [0.15, 0.2) is 41.8 Å². The van der Waals surface area contributed by atoms with Crippen molar-refractivity contribution in [3.63, 3.8) is 0 Å². The minimum atomic E-state index is -2.96. The van der Waals surface area contributed by atoms with E-state index in [0.29, 0.717) is 12.1 Å². The number of hydrogen-bond acceptors (Lipinski definition) is 5. The lowest BCUT2D eigenvalue weighted by Crippen LogP contribution is -2.43. The fourth-order valence-electron chi connectivity index (χ4n) is 2.80. The molecule has 1 aromatic heterocycles. The van der Waals surface area contributed by atoms with Gasteiger partial charge in [0, 0.05) is 4.88 Å². The molecule has 1 saturated heterocycles. The van der Waals surface area contributed by atoms with E-state index in [1.54, 1.807) is 0 Å². The lowest BCUT2D eigenvalue weighted by Gasteiger charge is -2.22. The van der Waals surface area contributed by atoms with Gasteiger partial charge in [0.05, 0.1) is 6.54 Å². The van der Waals surface area contributed by atoms with Crippen LogP contribution < -0.4 is 15.4 Å². The number of carbonyl (C=O) groups excluding carboxylic acids is 3.